The first-order valence-electron chi connectivity index (χ1n) is 10.2. The minimum Gasteiger partial charge on any atom is -0.464 e. The van der Waals surface area contributed by atoms with Crippen molar-refractivity contribution in [2.45, 2.75) is 51.6 Å². The molecule has 1 saturated carbocycles. The molecule has 6 heteroatoms. The highest BCUT2D eigenvalue weighted by atomic mass is 16.5. The summed E-state index contributed by atoms with van der Waals surface area (Å²) in [5.41, 5.74) is 9.92. The number of ether oxygens (including phenoxy) is 1. The Bertz CT molecular complexity index is 858. The molecule has 1 aliphatic rings. The number of aryl methyl sites for hydroxylation is 1. The molecule has 2 aromatic rings. The molecule has 0 heterocycles. The van der Waals surface area contributed by atoms with Crippen LogP contribution in [0.15, 0.2) is 42.5 Å². The number of nitrogen functional groups attached to an aromatic ring is 1. The van der Waals surface area contributed by atoms with Gasteiger partial charge in [0, 0.05) is 23.0 Å². The second kappa shape index (κ2) is 9.45. The van der Waals surface area contributed by atoms with E-state index in [-0.39, 0.29) is 11.8 Å². The van der Waals surface area contributed by atoms with Crippen LogP contribution in [0.2, 0.25) is 0 Å². The fraction of sp³-hybridized carbons (Fsp3) is 0.391. The molecule has 29 heavy (non-hydrogen) atoms. The summed E-state index contributed by atoms with van der Waals surface area (Å²) in [6.07, 6.45) is 4.90. The molecular formula is C23H30N4O2. The van der Waals surface area contributed by atoms with E-state index in [0.717, 1.165) is 22.5 Å². The third-order valence-electron chi connectivity index (χ3n) is 5.19. The van der Waals surface area contributed by atoms with E-state index in [0.29, 0.717) is 18.2 Å². The fourth-order valence-electron chi connectivity index (χ4n) is 3.79. The smallest absolute Gasteiger partial charge is 0.333 e. The van der Waals surface area contributed by atoms with Crippen molar-refractivity contribution < 1.29 is 9.53 Å². The number of rotatable bonds is 8. The Hall–Kier alpha value is -3.02. The van der Waals surface area contributed by atoms with Crippen LogP contribution in [0.4, 0.5) is 11.4 Å². The highest BCUT2D eigenvalue weighted by Gasteiger charge is 2.23. The van der Waals surface area contributed by atoms with Crippen LogP contribution in [0.25, 0.3) is 0 Å². The predicted molar refractivity (Wildman–Crippen MR) is 118 cm³/mol. The van der Waals surface area contributed by atoms with Gasteiger partial charge in [0.05, 0.1) is 6.61 Å². The average molecular weight is 395 g/mol. The second-order valence-corrected chi connectivity index (χ2v) is 7.58. The van der Waals surface area contributed by atoms with Crippen molar-refractivity contribution >= 4 is 23.2 Å². The average Bonchev–Trinajstić information content (AvgIpc) is 3.19. The molecule has 0 aliphatic heterocycles. The molecule has 0 spiro atoms. The normalized spacial score (nSPS) is 15.0. The first kappa shape index (κ1) is 20.7. The van der Waals surface area contributed by atoms with Gasteiger partial charge in [-0.05, 0) is 74.2 Å². The standard InChI is InChI=1S/C23H30N4O2/c1-3-29-23(28)21(27-19-10-8-16(9-11-19)22(24)25)17-12-15(2)13-20(14-17)26-18-6-4-5-7-18/h8-14,18,21,26-27H,3-7H2,1-2H3,(H3,24,25). The van der Waals surface area contributed by atoms with Gasteiger partial charge >= 0.3 is 5.97 Å². The van der Waals surface area contributed by atoms with Gasteiger partial charge in [-0.25, -0.2) is 4.79 Å². The Kier molecular flexibility index (Phi) is 6.75. The molecule has 1 unspecified atom stereocenters. The maximum absolute atomic E-state index is 12.7. The first-order valence-corrected chi connectivity index (χ1v) is 10.2. The Morgan fingerprint density at radius 1 is 1.17 bits per heavy atom. The lowest BCUT2D eigenvalue weighted by molar-refractivity contribution is -0.144. The Morgan fingerprint density at radius 3 is 2.48 bits per heavy atom. The number of hydrogen-bond donors (Lipinski definition) is 4. The number of amidine groups is 1. The van der Waals surface area contributed by atoms with E-state index in [1.54, 1.807) is 19.1 Å². The number of anilines is 2. The van der Waals surface area contributed by atoms with Crippen LogP contribution >= 0.6 is 0 Å². The second-order valence-electron chi connectivity index (χ2n) is 7.58. The van der Waals surface area contributed by atoms with Crippen molar-refractivity contribution in [3.8, 4) is 0 Å². The fourth-order valence-corrected chi connectivity index (χ4v) is 3.79. The van der Waals surface area contributed by atoms with Gasteiger partial charge in [-0.3, -0.25) is 5.41 Å². The zero-order valence-electron chi connectivity index (χ0n) is 17.1. The number of carbonyl (C=O) groups excluding carboxylic acids is 1. The lowest BCUT2D eigenvalue weighted by Gasteiger charge is -2.21. The molecule has 5 N–H and O–H groups in total. The number of hydrogen-bond acceptors (Lipinski definition) is 5. The summed E-state index contributed by atoms with van der Waals surface area (Å²) in [5, 5.41) is 14.4. The highest BCUT2D eigenvalue weighted by molar-refractivity contribution is 5.95. The van der Waals surface area contributed by atoms with E-state index in [4.69, 9.17) is 15.9 Å². The van der Waals surface area contributed by atoms with Gasteiger partial charge in [0.25, 0.3) is 0 Å². The third kappa shape index (κ3) is 5.50. The van der Waals surface area contributed by atoms with E-state index in [9.17, 15) is 4.79 Å². The van der Waals surface area contributed by atoms with Crippen LogP contribution < -0.4 is 16.4 Å². The molecular weight excluding hydrogens is 364 g/mol. The number of carbonyl (C=O) groups is 1. The third-order valence-corrected chi connectivity index (χ3v) is 5.19. The van der Waals surface area contributed by atoms with Crippen molar-refractivity contribution in [2.75, 3.05) is 17.2 Å². The van der Waals surface area contributed by atoms with E-state index >= 15 is 0 Å². The van der Waals surface area contributed by atoms with Gasteiger partial charge in [0.15, 0.2) is 6.04 Å². The molecule has 154 valence electrons. The van der Waals surface area contributed by atoms with Crippen LogP contribution in [0.5, 0.6) is 0 Å². The molecule has 1 aliphatic carbocycles. The molecule has 3 rings (SSSR count). The van der Waals surface area contributed by atoms with Crippen LogP contribution in [0, 0.1) is 12.3 Å². The van der Waals surface area contributed by atoms with Crippen LogP contribution in [-0.4, -0.2) is 24.5 Å². The molecule has 0 bridgehead atoms. The summed E-state index contributed by atoms with van der Waals surface area (Å²) >= 11 is 0. The lowest BCUT2D eigenvalue weighted by Crippen LogP contribution is -2.24. The Morgan fingerprint density at radius 2 is 1.86 bits per heavy atom. The topological polar surface area (TPSA) is 100 Å². The molecule has 0 radical (unpaired) electrons. The molecule has 1 atom stereocenters. The summed E-state index contributed by atoms with van der Waals surface area (Å²) in [7, 11) is 0. The van der Waals surface area contributed by atoms with Crippen molar-refractivity contribution in [1.29, 1.82) is 5.41 Å². The quantitative estimate of drug-likeness (QED) is 0.303. The first-order chi connectivity index (χ1) is 14.0. The SMILES string of the molecule is CCOC(=O)C(Nc1ccc(C(=N)N)cc1)c1cc(C)cc(NC2CCCC2)c1. The summed E-state index contributed by atoms with van der Waals surface area (Å²) in [6.45, 7) is 4.16. The van der Waals surface area contributed by atoms with Gasteiger partial charge in [-0.1, -0.05) is 18.9 Å². The van der Waals surface area contributed by atoms with Crippen molar-refractivity contribution in [3.05, 3.63) is 59.2 Å². The monoisotopic (exact) mass is 394 g/mol. The predicted octanol–water partition coefficient (Wildman–Crippen LogP) is 4.35. The van der Waals surface area contributed by atoms with Crippen LogP contribution in [-0.2, 0) is 9.53 Å². The lowest BCUT2D eigenvalue weighted by atomic mass is 10.0. The summed E-state index contributed by atoms with van der Waals surface area (Å²) in [4.78, 5) is 12.7. The number of nitrogens with two attached hydrogens (primary N) is 1. The zero-order valence-corrected chi connectivity index (χ0v) is 17.1. The molecule has 0 aromatic heterocycles. The summed E-state index contributed by atoms with van der Waals surface area (Å²) in [6, 6.07) is 13.2. The minimum absolute atomic E-state index is 0.0137. The largest absolute Gasteiger partial charge is 0.464 e. The Balaban J connectivity index is 1.86. The molecule has 6 nitrogen and oxygen atoms in total. The summed E-state index contributed by atoms with van der Waals surface area (Å²) < 4.78 is 5.33. The maximum atomic E-state index is 12.7. The zero-order chi connectivity index (χ0) is 20.8. The summed E-state index contributed by atoms with van der Waals surface area (Å²) in [5.74, 6) is -0.305. The number of nitrogens with one attached hydrogen (secondary N) is 3. The number of benzene rings is 2. The van der Waals surface area contributed by atoms with Gasteiger partial charge < -0.3 is 21.1 Å². The van der Waals surface area contributed by atoms with Crippen LogP contribution in [0.1, 0.15) is 55.3 Å². The molecule has 0 amide bonds. The minimum atomic E-state index is -0.623. The Labute approximate surface area is 172 Å². The maximum Gasteiger partial charge on any atom is 0.333 e. The highest BCUT2D eigenvalue weighted by Crippen LogP contribution is 2.28. The molecule has 2 aromatic carbocycles. The van der Waals surface area contributed by atoms with E-state index in [1.807, 2.05) is 31.2 Å². The van der Waals surface area contributed by atoms with Gasteiger partial charge in [-0.15, -0.1) is 0 Å². The van der Waals surface area contributed by atoms with E-state index in [2.05, 4.69) is 16.7 Å². The molecule has 1 fully saturated rings. The van der Waals surface area contributed by atoms with Gasteiger partial charge in [0.1, 0.15) is 5.84 Å². The van der Waals surface area contributed by atoms with Crippen molar-refractivity contribution in [3.63, 3.8) is 0 Å². The van der Waals surface area contributed by atoms with E-state index < -0.39 is 6.04 Å². The van der Waals surface area contributed by atoms with Gasteiger partial charge in [-0.2, -0.15) is 0 Å². The van der Waals surface area contributed by atoms with Crippen LogP contribution in [0.3, 0.4) is 0 Å². The molecule has 0 saturated heterocycles. The number of esters is 1. The van der Waals surface area contributed by atoms with E-state index in [1.165, 1.54) is 25.7 Å². The van der Waals surface area contributed by atoms with Gasteiger partial charge in [0.2, 0.25) is 0 Å². The van der Waals surface area contributed by atoms with Crippen molar-refractivity contribution in [2.24, 2.45) is 5.73 Å². The van der Waals surface area contributed by atoms with Crippen molar-refractivity contribution in [1.82, 2.24) is 0 Å².